The highest BCUT2D eigenvalue weighted by Gasteiger charge is 2.36. The maximum absolute atomic E-state index is 13.6. The SMILES string of the molecule is CO[C@@H]1C[C@@H](c2nnc3cnccn23)N(Cc2ccc(F)c(C#N)c2)C1. The highest BCUT2D eigenvalue weighted by Crippen LogP contribution is 2.33. The first-order chi connectivity index (χ1) is 12.7. The van der Waals surface area contributed by atoms with E-state index < -0.39 is 5.82 Å². The number of nitrogens with zero attached hydrogens (tertiary/aromatic N) is 6. The summed E-state index contributed by atoms with van der Waals surface area (Å²) in [5.74, 6) is 0.324. The Morgan fingerprint density at radius 1 is 1.38 bits per heavy atom. The number of ether oxygens (including phenoxy) is 1. The normalized spacial score (nSPS) is 20.5. The van der Waals surface area contributed by atoms with Gasteiger partial charge in [-0.15, -0.1) is 10.2 Å². The molecular formula is C18H17FN6O. The van der Waals surface area contributed by atoms with Crippen molar-refractivity contribution in [2.24, 2.45) is 0 Å². The number of fused-ring (bicyclic) bond motifs is 1. The number of hydrogen-bond acceptors (Lipinski definition) is 6. The minimum atomic E-state index is -0.500. The van der Waals surface area contributed by atoms with Crippen LogP contribution >= 0.6 is 0 Å². The van der Waals surface area contributed by atoms with Crippen molar-refractivity contribution in [3.05, 3.63) is 59.6 Å². The molecule has 1 aliphatic rings. The van der Waals surface area contributed by atoms with Gasteiger partial charge in [0.2, 0.25) is 0 Å². The molecule has 4 rings (SSSR count). The summed E-state index contributed by atoms with van der Waals surface area (Å²) in [6, 6.07) is 6.54. The zero-order chi connectivity index (χ0) is 18.1. The topological polar surface area (TPSA) is 79.3 Å². The lowest BCUT2D eigenvalue weighted by molar-refractivity contribution is 0.107. The Kier molecular flexibility index (Phi) is 4.32. The summed E-state index contributed by atoms with van der Waals surface area (Å²) in [4.78, 5) is 6.29. The third kappa shape index (κ3) is 2.92. The molecule has 8 heteroatoms. The van der Waals surface area contributed by atoms with Crippen molar-refractivity contribution in [2.45, 2.75) is 25.1 Å². The molecule has 1 aromatic carbocycles. The Morgan fingerprint density at radius 2 is 2.27 bits per heavy atom. The molecule has 1 saturated heterocycles. The number of benzene rings is 1. The van der Waals surface area contributed by atoms with Gasteiger partial charge < -0.3 is 4.74 Å². The van der Waals surface area contributed by atoms with Crippen molar-refractivity contribution in [3.63, 3.8) is 0 Å². The summed E-state index contributed by atoms with van der Waals surface area (Å²) in [6.07, 6.45) is 6.07. The fraction of sp³-hybridized carbons (Fsp3) is 0.333. The monoisotopic (exact) mass is 352 g/mol. The molecule has 1 fully saturated rings. The quantitative estimate of drug-likeness (QED) is 0.715. The number of methoxy groups -OCH3 is 1. The molecule has 0 radical (unpaired) electrons. The third-order valence-corrected chi connectivity index (χ3v) is 4.77. The van der Waals surface area contributed by atoms with Crippen LogP contribution in [0.15, 0.2) is 36.8 Å². The molecule has 0 aliphatic carbocycles. The molecule has 0 spiro atoms. The van der Waals surface area contributed by atoms with Crippen LogP contribution in [0.5, 0.6) is 0 Å². The Labute approximate surface area is 149 Å². The standard InChI is InChI=1S/C18H17FN6O/c1-26-14-7-16(18-23-22-17-9-21-4-5-25(17)18)24(11-14)10-12-2-3-15(19)13(6-12)8-20/h2-6,9,14,16H,7,10-11H2,1H3/t14-,16+/m1/s1. The minimum Gasteiger partial charge on any atom is -0.380 e. The summed E-state index contributed by atoms with van der Waals surface area (Å²) in [5.41, 5.74) is 1.62. The molecule has 0 unspecified atom stereocenters. The average molecular weight is 352 g/mol. The second-order valence-corrected chi connectivity index (χ2v) is 6.33. The van der Waals surface area contributed by atoms with Gasteiger partial charge in [-0.3, -0.25) is 14.3 Å². The van der Waals surface area contributed by atoms with Crippen LogP contribution < -0.4 is 0 Å². The molecule has 0 saturated carbocycles. The molecule has 0 N–H and O–H groups in total. The second-order valence-electron chi connectivity index (χ2n) is 6.33. The molecule has 7 nitrogen and oxygen atoms in total. The van der Waals surface area contributed by atoms with Gasteiger partial charge in [-0.05, 0) is 24.1 Å². The number of hydrogen-bond donors (Lipinski definition) is 0. The number of likely N-dealkylation sites (tertiary alicyclic amines) is 1. The first-order valence-electron chi connectivity index (χ1n) is 8.29. The lowest BCUT2D eigenvalue weighted by Gasteiger charge is -2.23. The predicted octanol–water partition coefficient (Wildman–Crippen LogP) is 2.10. The summed E-state index contributed by atoms with van der Waals surface area (Å²) in [7, 11) is 1.70. The van der Waals surface area contributed by atoms with E-state index in [-0.39, 0.29) is 17.7 Å². The van der Waals surface area contributed by atoms with Gasteiger partial charge in [0.25, 0.3) is 0 Å². The molecule has 3 heterocycles. The first kappa shape index (κ1) is 16.6. The fourth-order valence-corrected chi connectivity index (χ4v) is 3.47. The largest absolute Gasteiger partial charge is 0.380 e. The summed E-state index contributed by atoms with van der Waals surface area (Å²) < 4.78 is 21.1. The van der Waals surface area contributed by atoms with Gasteiger partial charge >= 0.3 is 0 Å². The van der Waals surface area contributed by atoms with Crippen LogP contribution in [0.3, 0.4) is 0 Å². The second kappa shape index (κ2) is 6.78. The van der Waals surface area contributed by atoms with Crippen molar-refractivity contribution in [1.29, 1.82) is 5.26 Å². The van der Waals surface area contributed by atoms with Crippen LogP contribution in [-0.4, -0.2) is 44.2 Å². The molecule has 0 bridgehead atoms. The molecule has 3 aromatic rings. The van der Waals surface area contributed by atoms with Crippen LogP contribution in [0.1, 0.15) is 29.4 Å². The van der Waals surface area contributed by atoms with E-state index in [0.29, 0.717) is 12.2 Å². The maximum Gasteiger partial charge on any atom is 0.179 e. The van der Waals surface area contributed by atoms with E-state index in [9.17, 15) is 4.39 Å². The van der Waals surface area contributed by atoms with E-state index in [1.54, 1.807) is 31.6 Å². The predicted molar refractivity (Wildman–Crippen MR) is 90.5 cm³/mol. The summed E-state index contributed by atoms with van der Waals surface area (Å²) in [6.45, 7) is 1.29. The summed E-state index contributed by atoms with van der Waals surface area (Å²) in [5, 5.41) is 17.6. The molecule has 0 amide bonds. The van der Waals surface area contributed by atoms with Crippen LogP contribution in [0, 0.1) is 17.1 Å². The number of aromatic nitrogens is 4. The van der Waals surface area contributed by atoms with Gasteiger partial charge in [0.05, 0.1) is 23.9 Å². The van der Waals surface area contributed by atoms with Gasteiger partial charge in [-0.2, -0.15) is 5.26 Å². The first-order valence-corrected chi connectivity index (χ1v) is 8.29. The zero-order valence-corrected chi connectivity index (χ0v) is 14.2. The molecule has 1 aliphatic heterocycles. The maximum atomic E-state index is 13.6. The zero-order valence-electron chi connectivity index (χ0n) is 14.2. The number of halogens is 1. The Morgan fingerprint density at radius 3 is 3.08 bits per heavy atom. The van der Waals surface area contributed by atoms with E-state index in [4.69, 9.17) is 10.00 Å². The van der Waals surface area contributed by atoms with E-state index in [1.165, 1.54) is 6.07 Å². The molecule has 2 aromatic heterocycles. The molecular weight excluding hydrogens is 335 g/mol. The lowest BCUT2D eigenvalue weighted by Crippen LogP contribution is -2.26. The van der Waals surface area contributed by atoms with Gasteiger partial charge in [0, 0.05) is 32.6 Å². The van der Waals surface area contributed by atoms with E-state index in [1.807, 2.05) is 16.7 Å². The Balaban J connectivity index is 1.66. The van der Waals surface area contributed by atoms with Gasteiger partial charge in [0.1, 0.15) is 11.9 Å². The number of nitriles is 1. The van der Waals surface area contributed by atoms with Crippen molar-refractivity contribution in [3.8, 4) is 6.07 Å². The molecule has 2 atom stereocenters. The summed E-state index contributed by atoms with van der Waals surface area (Å²) >= 11 is 0. The lowest BCUT2D eigenvalue weighted by atomic mass is 10.1. The van der Waals surface area contributed by atoms with E-state index >= 15 is 0 Å². The van der Waals surface area contributed by atoms with E-state index in [2.05, 4.69) is 20.1 Å². The highest BCUT2D eigenvalue weighted by atomic mass is 19.1. The van der Waals surface area contributed by atoms with Crippen LogP contribution in [0.2, 0.25) is 0 Å². The smallest absolute Gasteiger partial charge is 0.179 e. The van der Waals surface area contributed by atoms with Crippen LogP contribution in [0.4, 0.5) is 4.39 Å². The van der Waals surface area contributed by atoms with Crippen molar-refractivity contribution >= 4 is 5.65 Å². The molecule has 132 valence electrons. The van der Waals surface area contributed by atoms with E-state index in [0.717, 1.165) is 24.4 Å². The number of rotatable bonds is 4. The highest BCUT2D eigenvalue weighted by molar-refractivity contribution is 5.36. The van der Waals surface area contributed by atoms with Gasteiger partial charge in [-0.25, -0.2) is 4.39 Å². The average Bonchev–Trinajstić information content (AvgIpc) is 3.26. The van der Waals surface area contributed by atoms with Crippen LogP contribution in [-0.2, 0) is 11.3 Å². The Hall–Kier alpha value is -2.89. The van der Waals surface area contributed by atoms with Crippen molar-refractivity contribution in [1.82, 2.24) is 24.5 Å². The minimum absolute atomic E-state index is 0.00735. The third-order valence-electron chi connectivity index (χ3n) is 4.77. The molecule has 26 heavy (non-hydrogen) atoms. The van der Waals surface area contributed by atoms with Crippen molar-refractivity contribution in [2.75, 3.05) is 13.7 Å². The van der Waals surface area contributed by atoms with Gasteiger partial charge in [0.15, 0.2) is 11.5 Å². The van der Waals surface area contributed by atoms with Crippen molar-refractivity contribution < 1.29 is 9.13 Å². The van der Waals surface area contributed by atoms with Gasteiger partial charge in [-0.1, -0.05) is 6.07 Å². The Bertz CT molecular complexity index is 981. The van der Waals surface area contributed by atoms with Crippen LogP contribution in [0.25, 0.3) is 5.65 Å². The fourth-order valence-electron chi connectivity index (χ4n) is 3.47.